The van der Waals surface area contributed by atoms with E-state index in [0.717, 1.165) is 10.1 Å². The Morgan fingerprint density at radius 1 is 1.20 bits per heavy atom. The van der Waals surface area contributed by atoms with Crippen LogP contribution in [-0.2, 0) is 20.3 Å². The summed E-state index contributed by atoms with van der Waals surface area (Å²) in [5.41, 5.74) is 1.56. The van der Waals surface area contributed by atoms with Crippen LogP contribution in [0.3, 0.4) is 0 Å². The highest BCUT2D eigenvalue weighted by molar-refractivity contribution is 7.93. The molecule has 3 rings (SSSR count). The van der Waals surface area contributed by atoms with Crippen LogP contribution in [0, 0.1) is 6.92 Å². The average molecular weight is 395 g/mol. The molecule has 0 unspecified atom stereocenters. The molecule has 0 fully saturated rings. The van der Waals surface area contributed by atoms with E-state index < -0.39 is 15.8 Å². The van der Waals surface area contributed by atoms with E-state index in [0.29, 0.717) is 25.9 Å². The Hall–Kier alpha value is -1.89. The number of rotatable bonds is 4. The third-order valence-electron chi connectivity index (χ3n) is 3.86. The molecule has 0 spiro atoms. The van der Waals surface area contributed by atoms with Crippen molar-refractivity contribution < 1.29 is 17.9 Å². The van der Waals surface area contributed by atoms with Crippen LogP contribution in [0.1, 0.15) is 21.5 Å². The predicted molar refractivity (Wildman–Crippen MR) is 100 cm³/mol. The summed E-state index contributed by atoms with van der Waals surface area (Å²) in [6, 6.07) is 11.9. The lowest BCUT2D eigenvalue weighted by Gasteiger charge is -2.06. The van der Waals surface area contributed by atoms with E-state index in [-0.39, 0.29) is 5.75 Å². The van der Waals surface area contributed by atoms with Gasteiger partial charge < -0.3 is 4.74 Å². The molecule has 0 aliphatic rings. The lowest BCUT2D eigenvalue weighted by Crippen LogP contribution is -2.06. The number of carbonyl (C=O) groups excluding carboxylic acids is 1. The summed E-state index contributed by atoms with van der Waals surface area (Å²) in [7, 11) is -2.28. The number of esters is 1. The van der Waals surface area contributed by atoms with E-state index in [1.165, 1.54) is 18.4 Å². The SMILES string of the molecule is COC(=O)c1cccc(CS(=O)(=O)c2sc3c(Cl)cccc3c2C)c1. The lowest BCUT2D eigenvalue weighted by atomic mass is 10.1. The third kappa shape index (κ3) is 3.42. The second-order valence-electron chi connectivity index (χ2n) is 5.58. The van der Waals surface area contributed by atoms with Gasteiger partial charge in [-0.05, 0) is 41.6 Å². The molecule has 0 saturated heterocycles. The van der Waals surface area contributed by atoms with E-state index >= 15 is 0 Å². The van der Waals surface area contributed by atoms with Crippen molar-refractivity contribution in [2.75, 3.05) is 7.11 Å². The number of hydrogen-bond acceptors (Lipinski definition) is 5. The zero-order chi connectivity index (χ0) is 18.2. The molecule has 1 aromatic heterocycles. The van der Waals surface area contributed by atoms with Gasteiger partial charge in [-0.2, -0.15) is 0 Å². The van der Waals surface area contributed by atoms with Crippen LogP contribution in [0.25, 0.3) is 10.1 Å². The van der Waals surface area contributed by atoms with Crippen molar-refractivity contribution in [3.8, 4) is 0 Å². The Morgan fingerprint density at radius 2 is 1.92 bits per heavy atom. The standard InChI is InChI=1S/C18H15ClO4S2/c1-11-14-7-4-8-15(19)16(14)24-18(11)25(21,22)10-12-5-3-6-13(9-12)17(20)23-2/h3-9H,10H2,1-2H3. The number of aryl methyl sites for hydroxylation is 1. The number of fused-ring (bicyclic) bond motifs is 1. The third-order valence-corrected chi connectivity index (χ3v) is 8.02. The Bertz CT molecular complexity index is 1070. The smallest absolute Gasteiger partial charge is 0.337 e. The molecule has 0 N–H and O–H groups in total. The fraction of sp³-hybridized carbons (Fsp3) is 0.167. The van der Waals surface area contributed by atoms with Gasteiger partial charge >= 0.3 is 5.97 Å². The molecule has 0 atom stereocenters. The lowest BCUT2D eigenvalue weighted by molar-refractivity contribution is 0.0600. The van der Waals surface area contributed by atoms with Crippen molar-refractivity contribution in [2.45, 2.75) is 16.9 Å². The minimum Gasteiger partial charge on any atom is -0.465 e. The van der Waals surface area contributed by atoms with E-state index in [4.69, 9.17) is 11.6 Å². The van der Waals surface area contributed by atoms with Gasteiger partial charge in [0.15, 0.2) is 9.84 Å². The molecular weight excluding hydrogens is 380 g/mol. The first-order valence-corrected chi connectivity index (χ1v) is 10.3. The molecule has 0 amide bonds. The van der Waals surface area contributed by atoms with Crippen molar-refractivity contribution in [1.29, 1.82) is 0 Å². The Morgan fingerprint density at radius 3 is 2.60 bits per heavy atom. The molecule has 3 aromatic rings. The van der Waals surface area contributed by atoms with Gasteiger partial charge in [-0.15, -0.1) is 11.3 Å². The second-order valence-corrected chi connectivity index (χ2v) is 9.19. The van der Waals surface area contributed by atoms with Gasteiger partial charge in [-0.3, -0.25) is 0 Å². The summed E-state index contributed by atoms with van der Waals surface area (Å²) in [5, 5.41) is 1.39. The van der Waals surface area contributed by atoms with Gasteiger partial charge in [-0.25, -0.2) is 13.2 Å². The minimum absolute atomic E-state index is 0.191. The van der Waals surface area contributed by atoms with Gasteiger partial charge in [0.1, 0.15) is 4.21 Å². The fourth-order valence-electron chi connectivity index (χ4n) is 2.67. The molecule has 7 heteroatoms. The molecule has 0 radical (unpaired) electrons. The molecule has 0 saturated carbocycles. The maximum Gasteiger partial charge on any atom is 0.337 e. The number of ether oxygens (including phenoxy) is 1. The van der Waals surface area contributed by atoms with Gasteiger partial charge in [-0.1, -0.05) is 35.9 Å². The van der Waals surface area contributed by atoms with Crippen LogP contribution >= 0.6 is 22.9 Å². The number of sulfone groups is 1. The Labute approximate surface area is 154 Å². The van der Waals surface area contributed by atoms with Crippen molar-refractivity contribution >= 4 is 48.8 Å². The van der Waals surface area contributed by atoms with Crippen LogP contribution in [0.2, 0.25) is 5.02 Å². The van der Waals surface area contributed by atoms with Crippen LogP contribution in [0.4, 0.5) is 0 Å². The number of hydrogen-bond donors (Lipinski definition) is 0. The summed E-state index contributed by atoms with van der Waals surface area (Å²) in [6.45, 7) is 1.78. The highest BCUT2D eigenvalue weighted by Crippen LogP contribution is 2.39. The first-order valence-electron chi connectivity index (χ1n) is 7.41. The number of carbonyl (C=O) groups is 1. The van der Waals surface area contributed by atoms with Crippen LogP contribution in [0.5, 0.6) is 0 Å². The largest absolute Gasteiger partial charge is 0.465 e. The van der Waals surface area contributed by atoms with Crippen molar-refractivity contribution in [3.05, 3.63) is 64.2 Å². The normalized spacial score (nSPS) is 11.6. The molecule has 1 heterocycles. The first-order chi connectivity index (χ1) is 11.8. The van der Waals surface area contributed by atoms with E-state index in [1.54, 1.807) is 43.3 Å². The van der Waals surface area contributed by atoms with Crippen molar-refractivity contribution in [1.82, 2.24) is 0 Å². The Kier molecular flexibility index (Phi) is 4.86. The molecule has 0 aliphatic heterocycles. The quantitative estimate of drug-likeness (QED) is 0.605. The van der Waals surface area contributed by atoms with Crippen LogP contribution in [0.15, 0.2) is 46.7 Å². The zero-order valence-electron chi connectivity index (χ0n) is 13.6. The summed E-state index contributed by atoms with van der Waals surface area (Å²) < 4.78 is 31.6. The van der Waals surface area contributed by atoms with Gasteiger partial charge in [0.05, 0.1) is 28.1 Å². The number of halogens is 1. The van der Waals surface area contributed by atoms with Gasteiger partial charge in [0.25, 0.3) is 0 Å². The van der Waals surface area contributed by atoms with E-state index in [1.807, 2.05) is 6.07 Å². The van der Waals surface area contributed by atoms with E-state index in [9.17, 15) is 13.2 Å². The molecule has 0 aliphatic carbocycles. The monoisotopic (exact) mass is 394 g/mol. The average Bonchev–Trinajstić information content (AvgIpc) is 2.93. The molecule has 4 nitrogen and oxygen atoms in total. The Balaban J connectivity index is 2.02. The van der Waals surface area contributed by atoms with Crippen LogP contribution < -0.4 is 0 Å². The maximum atomic E-state index is 12.9. The van der Waals surface area contributed by atoms with Crippen molar-refractivity contribution in [2.24, 2.45) is 0 Å². The minimum atomic E-state index is -3.56. The second kappa shape index (κ2) is 6.78. The molecule has 130 valence electrons. The maximum absolute atomic E-state index is 12.9. The summed E-state index contributed by atoms with van der Waals surface area (Å²) in [6.07, 6.45) is 0. The molecule has 0 bridgehead atoms. The summed E-state index contributed by atoms with van der Waals surface area (Å²) >= 11 is 7.37. The zero-order valence-corrected chi connectivity index (χ0v) is 16.0. The molecule has 25 heavy (non-hydrogen) atoms. The van der Waals surface area contributed by atoms with E-state index in [2.05, 4.69) is 4.74 Å². The summed E-state index contributed by atoms with van der Waals surface area (Å²) in [4.78, 5) is 11.6. The number of benzene rings is 2. The molecular formula is C18H15ClO4S2. The van der Waals surface area contributed by atoms with Gasteiger partial charge in [0.2, 0.25) is 0 Å². The summed E-state index contributed by atoms with van der Waals surface area (Å²) in [5.74, 6) is -0.688. The molecule has 2 aromatic carbocycles. The fourth-order valence-corrected chi connectivity index (χ4v) is 6.17. The first kappa shape index (κ1) is 17.9. The number of methoxy groups -OCH3 is 1. The van der Waals surface area contributed by atoms with Crippen LogP contribution in [-0.4, -0.2) is 21.5 Å². The number of thiophene rings is 1. The highest BCUT2D eigenvalue weighted by atomic mass is 35.5. The van der Waals surface area contributed by atoms with Crippen molar-refractivity contribution in [3.63, 3.8) is 0 Å². The highest BCUT2D eigenvalue weighted by Gasteiger charge is 2.23. The van der Waals surface area contributed by atoms with Gasteiger partial charge in [0, 0.05) is 0 Å². The topological polar surface area (TPSA) is 60.4 Å². The predicted octanol–water partition coefficient (Wildman–Crippen LogP) is 4.62.